The molecule has 4 aromatic rings. The maximum absolute atomic E-state index is 12.7. The number of para-hydroxylation sites is 1. The summed E-state index contributed by atoms with van der Waals surface area (Å²) in [5.41, 5.74) is 0.241. The molecule has 0 aliphatic heterocycles. The first-order valence-corrected chi connectivity index (χ1v) is 7.74. The number of hydrogen-bond acceptors (Lipinski definition) is 7. The van der Waals surface area contributed by atoms with Crippen LogP contribution in [0.1, 0.15) is 11.5 Å². The van der Waals surface area contributed by atoms with E-state index in [1.807, 2.05) is 31.2 Å². The summed E-state index contributed by atoms with van der Waals surface area (Å²) in [5, 5.41) is 3.64. The minimum absolute atomic E-state index is 0.0698. The lowest BCUT2D eigenvalue weighted by Crippen LogP contribution is -2.40. The van der Waals surface area contributed by atoms with Crippen molar-refractivity contribution >= 4 is 22.1 Å². The third kappa shape index (κ3) is 2.23. The summed E-state index contributed by atoms with van der Waals surface area (Å²) in [6.45, 7) is 1.71. The fourth-order valence-corrected chi connectivity index (χ4v) is 2.96. The Morgan fingerprint density at radius 2 is 1.92 bits per heavy atom. The van der Waals surface area contributed by atoms with Crippen LogP contribution < -0.4 is 11.2 Å². The third-order valence-corrected chi connectivity index (χ3v) is 4.24. The smallest absolute Gasteiger partial charge is 0.279 e. The van der Waals surface area contributed by atoms with Gasteiger partial charge in [-0.3, -0.25) is 13.9 Å². The van der Waals surface area contributed by atoms with Gasteiger partial charge in [-0.2, -0.15) is 4.68 Å². The first kappa shape index (κ1) is 15.8. The Hall–Kier alpha value is -3.69. The maximum Gasteiger partial charge on any atom is 0.332 e. The number of rotatable bonds is 3. The zero-order chi connectivity index (χ0) is 18.4. The molecule has 0 fully saturated rings. The van der Waals surface area contributed by atoms with Gasteiger partial charge in [-0.25, -0.2) is 19.7 Å². The van der Waals surface area contributed by atoms with Crippen LogP contribution in [0.25, 0.3) is 22.1 Å². The number of imidazole rings is 1. The highest BCUT2D eigenvalue weighted by molar-refractivity contribution is 5.80. The average Bonchev–Trinajstić information content (AvgIpc) is 3.08. The normalized spacial score (nSPS) is 11.3. The molecule has 0 radical (unpaired) electrons. The van der Waals surface area contributed by atoms with E-state index in [2.05, 4.69) is 20.2 Å². The van der Waals surface area contributed by atoms with Crippen molar-refractivity contribution < 1.29 is 0 Å². The van der Waals surface area contributed by atoms with Gasteiger partial charge in [0.2, 0.25) is 0 Å². The van der Waals surface area contributed by atoms with E-state index < -0.39 is 11.2 Å². The number of benzene rings is 1. The lowest BCUT2D eigenvalue weighted by Gasteiger charge is -2.09. The number of aryl methyl sites for hydroxylation is 2. The van der Waals surface area contributed by atoms with Gasteiger partial charge in [-0.15, -0.1) is 4.91 Å². The van der Waals surface area contributed by atoms with Crippen LogP contribution in [0.15, 0.2) is 45.5 Å². The Kier molecular flexibility index (Phi) is 3.46. The SMILES string of the molecule is Cc1nc(Cn2c(=O)c3c(ncn3N=O)n(C)c2=O)nc2ccccc12. The van der Waals surface area contributed by atoms with Crippen molar-refractivity contribution in [2.45, 2.75) is 13.5 Å². The second-order valence-electron chi connectivity index (χ2n) is 5.82. The Balaban J connectivity index is 1.94. The molecule has 3 aromatic heterocycles. The van der Waals surface area contributed by atoms with E-state index in [-0.39, 0.29) is 17.7 Å². The summed E-state index contributed by atoms with van der Waals surface area (Å²) in [6, 6.07) is 7.48. The van der Waals surface area contributed by atoms with Crippen LogP contribution in [-0.2, 0) is 13.6 Å². The molecule has 10 heteroatoms. The molecule has 4 rings (SSSR count). The molecule has 1 aromatic carbocycles. The fraction of sp³-hybridized carbons (Fsp3) is 0.188. The number of nitroso groups, excluding NO2 is 1. The van der Waals surface area contributed by atoms with Crippen molar-refractivity contribution in [3.8, 4) is 0 Å². The zero-order valence-electron chi connectivity index (χ0n) is 13.9. The van der Waals surface area contributed by atoms with E-state index in [9.17, 15) is 14.5 Å². The van der Waals surface area contributed by atoms with Crippen LogP contribution in [0.5, 0.6) is 0 Å². The van der Waals surface area contributed by atoms with Crippen LogP contribution in [-0.4, -0.2) is 28.8 Å². The Morgan fingerprint density at radius 1 is 1.15 bits per heavy atom. The van der Waals surface area contributed by atoms with E-state index in [4.69, 9.17) is 0 Å². The molecule has 0 saturated carbocycles. The van der Waals surface area contributed by atoms with Crippen molar-refractivity contribution in [1.29, 1.82) is 0 Å². The van der Waals surface area contributed by atoms with Crippen LogP contribution in [0.2, 0.25) is 0 Å². The lowest BCUT2D eigenvalue weighted by atomic mass is 10.2. The maximum atomic E-state index is 12.7. The zero-order valence-corrected chi connectivity index (χ0v) is 13.9. The van der Waals surface area contributed by atoms with Gasteiger partial charge in [0.15, 0.2) is 11.2 Å². The molecule has 0 amide bonds. The monoisotopic (exact) mass is 351 g/mol. The molecule has 0 atom stereocenters. The average molecular weight is 351 g/mol. The Labute approximate surface area is 145 Å². The number of hydrogen-bond donors (Lipinski definition) is 0. The van der Waals surface area contributed by atoms with Crippen LogP contribution in [0.3, 0.4) is 0 Å². The summed E-state index contributed by atoms with van der Waals surface area (Å²) >= 11 is 0. The molecule has 0 spiro atoms. The quantitative estimate of drug-likeness (QED) is 0.502. The fourth-order valence-electron chi connectivity index (χ4n) is 2.96. The van der Waals surface area contributed by atoms with Crippen molar-refractivity contribution in [1.82, 2.24) is 28.8 Å². The molecule has 26 heavy (non-hydrogen) atoms. The second kappa shape index (κ2) is 5.69. The Morgan fingerprint density at radius 3 is 2.69 bits per heavy atom. The van der Waals surface area contributed by atoms with Gasteiger partial charge in [0.25, 0.3) is 5.56 Å². The van der Waals surface area contributed by atoms with E-state index in [0.29, 0.717) is 5.82 Å². The molecule has 10 nitrogen and oxygen atoms in total. The summed E-state index contributed by atoms with van der Waals surface area (Å²) in [4.78, 5) is 48.9. The molecule has 0 unspecified atom stereocenters. The highest BCUT2D eigenvalue weighted by Gasteiger charge is 2.18. The van der Waals surface area contributed by atoms with Gasteiger partial charge in [0.1, 0.15) is 12.2 Å². The van der Waals surface area contributed by atoms with Crippen molar-refractivity contribution in [2.24, 2.45) is 12.3 Å². The summed E-state index contributed by atoms with van der Waals surface area (Å²) in [7, 11) is 1.47. The molecule has 0 bridgehead atoms. The van der Waals surface area contributed by atoms with Crippen LogP contribution >= 0.6 is 0 Å². The van der Waals surface area contributed by atoms with Crippen LogP contribution in [0, 0.1) is 11.8 Å². The predicted molar refractivity (Wildman–Crippen MR) is 93.8 cm³/mol. The van der Waals surface area contributed by atoms with E-state index in [1.54, 1.807) is 0 Å². The highest BCUT2D eigenvalue weighted by atomic mass is 16.3. The largest absolute Gasteiger partial charge is 0.332 e. The minimum Gasteiger partial charge on any atom is -0.279 e. The van der Waals surface area contributed by atoms with Gasteiger partial charge in [-0.1, -0.05) is 18.2 Å². The van der Waals surface area contributed by atoms with Crippen molar-refractivity contribution in [3.05, 3.63) is 67.9 Å². The van der Waals surface area contributed by atoms with E-state index >= 15 is 0 Å². The highest BCUT2D eigenvalue weighted by Crippen LogP contribution is 2.14. The predicted octanol–water partition coefficient (Wildman–Crippen LogP) is 0.726. The summed E-state index contributed by atoms with van der Waals surface area (Å²) in [5.74, 6) is 0.324. The number of fused-ring (bicyclic) bond motifs is 2. The molecule has 0 aliphatic carbocycles. The van der Waals surface area contributed by atoms with Crippen molar-refractivity contribution in [2.75, 3.05) is 0 Å². The molecular weight excluding hydrogens is 338 g/mol. The molecule has 3 heterocycles. The van der Waals surface area contributed by atoms with Gasteiger partial charge in [-0.05, 0) is 13.0 Å². The summed E-state index contributed by atoms with van der Waals surface area (Å²) in [6.07, 6.45) is 1.10. The topological polar surface area (TPSA) is 117 Å². The molecule has 130 valence electrons. The Bertz CT molecular complexity index is 1300. The third-order valence-electron chi connectivity index (χ3n) is 4.24. The van der Waals surface area contributed by atoms with E-state index in [1.165, 1.54) is 11.6 Å². The van der Waals surface area contributed by atoms with Gasteiger partial charge >= 0.3 is 5.69 Å². The minimum atomic E-state index is -0.672. The standard InChI is InChI=1S/C16H13N7O3/c1-9-10-5-3-4-6-11(10)19-12(18-9)7-22-15(24)13-14(21(2)16(22)25)17-8-23(13)20-26/h3-6,8H,7H2,1-2H3. The number of aromatic nitrogens is 6. The van der Waals surface area contributed by atoms with Crippen LogP contribution in [0.4, 0.5) is 0 Å². The second-order valence-corrected chi connectivity index (χ2v) is 5.82. The first-order valence-electron chi connectivity index (χ1n) is 7.74. The van der Waals surface area contributed by atoms with Gasteiger partial charge in [0.05, 0.1) is 17.3 Å². The van der Waals surface area contributed by atoms with Gasteiger partial charge < -0.3 is 0 Å². The molecule has 0 N–H and O–H groups in total. The van der Waals surface area contributed by atoms with Crippen molar-refractivity contribution in [3.63, 3.8) is 0 Å². The molecule has 0 aliphatic rings. The molecular formula is C16H13N7O3. The first-order chi connectivity index (χ1) is 12.5. The van der Waals surface area contributed by atoms with E-state index in [0.717, 1.165) is 32.2 Å². The lowest BCUT2D eigenvalue weighted by molar-refractivity contribution is 0.633. The van der Waals surface area contributed by atoms with Gasteiger partial charge in [0, 0.05) is 18.1 Å². The summed E-state index contributed by atoms with van der Waals surface area (Å²) < 4.78 is 2.96. The number of nitrogens with zero attached hydrogens (tertiary/aromatic N) is 7. The molecule has 0 saturated heterocycles.